The third-order valence-electron chi connectivity index (χ3n) is 5.19. The maximum Gasteiger partial charge on any atom is 0.247 e. The van der Waals surface area contributed by atoms with E-state index in [1.165, 1.54) is 11.3 Å². The zero-order valence-electron chi connectivity index (χ0n) is 15.5. The van der Waals surface area contributed by atoms with Crippen molar-refractivity contribution in [3.63, 3.8) is 0 Å². The third-order valence-corrected chi connectivity index (χ3v) is 6.08. The van der Waals surface area contributed by atoms with E-state index in [-0.39, 0.29) is 17.9 Å². The van der Waals surface area contributed by atoms with Gasteiger partial charge in [0.15, 0.2) is 0 Å². The van der Waals surface area contributed by atoms with Gasteiger partial charge < -0.3 is 10.2 Å². The Bertz CT molecular complexity index is 846. The molecule has 1 aromatic heterocycles. The summed E-state index contributed by atoms with van der Waals surface area (Å²) in [5.41, 5.74) is 1.66. The van der Waals surface area contributed by atoms with Crippen LogP contribution in [0.5, 0.6) is 0 Å². The van der Waals surface area contributed by atoms with Crippen LogP contribution in [-0.2, 0) is 9.59 Å². The molecule has 2 heterocycles. The minimum atomic E-state index is -0.363. The van der Waals surface area contributed by atoms with Gasteiger partial charge in [-0.3, -0.25) is 9.59 Å². The molecular formula is C20H24N4O2S. The van der Waals surface area contributed by atoms with Gasteiger partial charge in [-0.15, -0.1) is 10.2 Å². The van der Waals surface area contributed by atoms with E-state index in [2.05, 4.69) is 15.5 Å². The molecule has 0 radical (unpaired) electrons. The fourth-order valence-electron chi connectivity index (χ4n) is 3.56. The van der Waals surface area contributed by atoms with Gasteiger partial charge in [0.05, 0.1) is 0 Å². The minimum Gasteiger partial charge on any atom is -0.331 e. The van der Waals surface area contributed by atoms with Gasteiger partial charge in [0, 0.05) is 24.2 Å². The first-order valence-electron chi connectivity index (χ1n) is 9.61. The second-order valence-electron chi connectivity index (χ2n) is 7.44. The molecule has 1 aliphatic carbocycles. The molecular weight excluding hydrogens is 360 g/mol. The number of carbonyl (C=O) groups excluding carboxylic acids is 2. The van der Waals surface area contributed by atoms with Crippen LogP contribution in [0.25, 0.3) is 10.6 Å². The van der Waals surface area contributed by atoms with E-state index >= 15 is 0 Å². The summed E-state index contributed by atoms with van der Waals surface area (Å²) in [4.78, 5) is 27.3. The fourth-order valence-corrected chi connectivity index (χ4v) is 4.25. The highest BCUT2D eigenvalue weighted by Gasteiger charge is 2.34. The number of hydrogen-bond donors (Lipinski definition) is 1. The maximum atomic E-state index is 12.9. The summed E-state index contributed by atoms with van der Waals surface area (Å²) in [5, 5.41) is 13.0. The normalized spacial score (nSPS) is 19.7. The molecule has 1 aliphatic heterocycles. The fraction of sp³-hybridized carbons (Fsp3) is 0.500. The number of aromatic nitrogens is 2. The number of rotatable bonds is 5. The molecule has 2 aliphatic rings. The number of nitrogens with zero attached hydrogens (tertiary/aromatic N) is 3. The van der Waals surface area contributed by atoms with Crippen molar-refractivity contribution < 1.29 is 9.59 Å². The summed E-state index contributed by atoms with van der Waals surface area (Å²) in [6.07, 6.45) is 5.58. The molecule has 6 nitrogen and oxygen atoms in total. The molecule has 1 saturated heterocycles. The van der Waals surface area contributed by atoms with E-state index in [4.69, 9.17) is 0 Å². The van der Waals surface area contributed by atoms with Gasteiger partial charge in [0.2, 0.25) is 11.8 Å². The summed E-state index contributed by atoms with van der Waals surface area (Å²) < 4.78 is 0. The lowest BCUT2D eigenvalue weighted by Gasteiger charge is -2.35. The number of carbonyl (C=O) groups is 2. The standard InChI is InChI=1S/C20H24N4O2S/c1-13-22-23-20(27-13)15-5-4-6-16(12-15)21-19(26)17-7-2-3-10-24(17)18(25)11-14-8-9-14/h4-6,12,14,17H,2-3,7-11H2,1H3,(H,21,26). The monoisotopic (exact) mass is 384 g/mol. The summed E-state index contributed by atoms with van der Waals surface area (Å²) in [7, 11) is 0. The van der Waals surface area contributed by atoms with Gasteiger partial charge in [0.1, 0.15) is 16.1 Å². The average molecular weight is 385 g/mol. The first kappa shape index (κ1) is 18.1. The van der Waals surface area contributed by atoms with Crippen LogP contribution < -0.4 is 5.32 Å². The second kappa shape index (κ2) is 7.76. The number of amides is 2. The van der Waals surface area contributed by atoms with Crippen LogP contribution in [0.2, 0.25) is 0 Å². The Morgan fingerprint density at radius 3 is 2.81 bits per heavy atom. The van der Waals surface area contributed by atoms with E-state index in [9.17, 15) is 9.59 Å². The molecule has 1 unspecified atom stereocenters. The first-order chi connectivity index (χ1) is 13.1. The number of anilines is 1. The van der Waals surface area contributed by atoms with Crippen molar-refractivity contribution in [3.05, 3.63) is 29.3 Å². The minimum absolute atomic E-state index is 0.0931. The lowest BCUT2D eigenvalue weighted by atomic mass is 10.00. The first-order valence-corrected chi connectivity index (χ1v) is 10.4. The Hall–Kier alpha value is -2.28. The van der Waals surface area contributed by atoms with E-state index in [0.717, 1.165) is 53.4 Å². The molecule has 7 heteroatoms. The summed E-state index contributed by atoms with van der Waals surface area (Å²) in [5.74, 6) is 0.579. The largest absolute Gasteiger partial charge is 0.331 e. The number of likely N-dealkylation sites (tertiary alicyclic amines) is 1. The van der Waals surface area contributed by atoms with E-state index in [1.807, 2.05) is 31.2 Å². The predicted molar refractivity (Wildman–Crippen MR) is 105 cm³/mol. The molecule has 2 amide bonds. The molecule has 1 atom stereocenters. The van der Waals surface area contributed by atoms with Gasteiger partial charge in [-0.1, -0.05) is 23.5 Å². The van der Waals surface area contributed by atoms with Crippen LogP contribution in [0.3, 0.4) is 0 Å². The van der Waals surface area contributed by atoms with Crippen LogP contribution in [0.4, 0.5) is 5.69 Å². The van der Waals surface area contributed by atoms with Gasteiger partial charge in [0.25, 0.3) is 0 Å². The number of nitrogens with one attached hydrogen (secondary N) is 1. The van der Waals surface area contributed by atoms with Crippen molar-refractivity contribution in [1.82, 2.24) is 15.1 Å². The number of piperidine rings is 1. The van der Waals surface area contributed by atoms with Crippen molar-refractivity contribution >= 4 is 28.8 Å². The average Bonchev–Trinajstić information content (AvgIpc) is 3.38. The topological polar surface area (TPSA) is 75.2 Å². The van der Waals surface area contributed by atoms with Gasteiger partial charge in [-0.25, -0.2) is 0 Å². The van der Waals surface area contributed by atoms with Crippen LogP contribution in [-0.4, -0.2) is 39.5 Å². The van der Waals surface area contributed by atoms with Crippen molar-refractivity contribution in [1.29, 1.82) is 0 Å². The molecule has 1 N–H and O–H groups in total. The highest BCUT2D eigenvalue weighted by atomic mass is 32.1. The van der Waals surface area contributed by atoms with Gasteiger partial charge in [-0.05, 0) is 57.1 Å². The second-order valence-corrected chi connectivity index (χ2v) is 8.62. The maximum absolute atomic E-state index is 12.9. The zero-order valence-corrected chi connectivity index (χ0v) is 16.3. The van der Waals surface area contributed by atoms with Crippen LogP contribution in [0.15, 0.2) is 24.3 Å². The predicted octanol–water partition coefficient (Wildman–Crippen LogP) is 3.63. The Kier molecular flexibility index (Phi) is 5.20. The molecule has 27 heavy (non-hydrogen) atoms. The lowest BCUT2D eigenvalue weighted by molar-refractivity contribution is -0.140. The molecule has 2 aromatic rings. The van der Waals surface area contributed by atoms with E-state index in [0.29, 0.717) is 18.9 Å². The number of benzene rings is 1. The van der Waals surface area contributed by atoms with Crippen LogP contribution >= 0.6 is 11.3 Å². The highest BCUT2D eigenvalue weighted by molar-refractivity contribution is 7.14. The smallest absolute Gasteiger partial charge is 0.247 e. The van der Waals surface area contributed by atoms with Crippen molar-refractivity contribution in [2.24, 2.45) is 5.92 Å². The molecule has 2 fully saturated rings. The van der Waals surface area contributed by atoms with E-state index in [1.54, 1.807) is 4.90 Å². The lowest BCUT2D eigenvalue weighted by Crippen LogP contribution is -2.50. The van der Waals surface area contributed by atoms with Gasteiger partial charge in [-0.2, -0.15) is 0 Å². The van der Waals surface area contributed by atoms with Crippen molar-refractivity contribution in [3.8, 4) is 10.6 Å². The molecule has 0 bridgehead atoms. The zero-order chi connectivity index (χ0) is 18.8. The van der Waals surface area contributed by atoms with E-state index < -0.39 is 0 Å². The quantitative estimate of drug-likeness (QED) is 0.854. The Labute approximate surface area is 163 Å². The molecule has 142 valence electrons. The SMILES string of the molecule is Cc1nnc(-c2cccc(NC(=O)C3CCCCN3C(=O)CC3CC3)c2)s1. The van der Waals surface area contributed by atoms with Crippen LogP contribution in [0.1, 0.15) is 43.5 Å². The highest BCUT2D eigenvalue weighted by Crippen LogP contribution is 2.34. The van der Waals surface area contributed by atoms with Crippen molar-refractivity contribution in [2.75, 3.05) is 11.9 Å². The molecule has 1 aromatic carbocycles. The summed E-state index contributed by atoms with van der Waals surface area (Å²) >= 11 is 1.52. The van der Waals surface area contributed by atoms with Gasteiger partial charge >= 0.3 is 0 Å². The molecule has 4 rings (SSSR count). The number of hydrogen-bond acceptors (Lipinski definition) is 5. The summed E-state index contributed by atoms with van der Waals surface area (Å²) in [6, 6.07) is 7.28. The third kappa shape index (κ3) is 4.35. The van der Waals surface area contributed by atoms with Crippen molar-refractivity contribution in [2.45, 2.75) is 51.5 Å². The Morgan fingerprint density at radius 1 is 1.22 bits per heavy atom. The summed E-state index contributed by atoms with van der Waals surface area (Å²) in [6.45, 7) is 2.61. The number of aryl methyl sites for hydroxylation is 1. The molecule has 0 spiro atoms. The molecule has 1 saturated carbocycles. The Morgan fingerprint density at radius 2 is 2.07 bits per heavy atom. The van der Waals surface area contributed by atoms with Crippen LogP contribution in [0, 0.1) is 12.8 Å². The Balaban J connectivity index is 1.46.